The van der Waals surface area contributed by atoms with Crippen molar-refractivity contribution in [1.29, 1.82) is 0 Å². The maximum Gasteiger partial charge on any atom is 0.255 e. The summed E-state index contributed by atoms with van der Waals surface area (Å²) in [5.74, 6) is 0.775. The molecule has 0 spiro atoms. The molecule has 1 amide bonds. The molecule has 118 valence electrons. The quantitative estimate of drug-likeness (QED) is 0.944. The second-order valence-electron chi connectivity index (χ2n) is 6.36. The molecule has 2 aromatic rings. The molecule has 0 saturated heterocycles. The van der Waals surface area contributed by atoms with E-state index >= 15 is 0 Å². The second kappa shape index (κ2) is 6.03. The minimum atomic E-state index is 0.00406. The minimum absolute atomic E-state index is 0.00406. The summed E-state index contributed by atoms with van der Waals surface area (Å²) in [4.78, 5) is 19.4. The van der Waals surface area contributed by atoms with Gasteiger partial charge in [0.15, 0.2) is 0 Å². The number of amides is 1. The van der Waals surface area contributed by atoms with Gasteiger partial charge < -0.3 is 10.2 Å². The van der Waals surface area contributed by atoms with Crippen LogP contribution in [-0.4, -0.2) is 23.5 Å². The second-order valence-corrected chi connectivity index (χ2v) is 6.36. The van der Waals surface area contributed by atoms with Crippen LogP contribution in [0.1, 0.15) is 41.6 Å². The smallest absolute Gasteiger partial charge is 0.255 e. The van der Waals surface area contributed by atoms with Gasteiger partial charge in [0.2, 0.25) is 0 Å². The molecule has 2 heterocycles. The Morgan fingerprint density at radius 1 is 1.13 bits per heavy atom. The topological polar surface area (TPSA) is 45.2 Å². The summed E-state index contributed by atoms with van der Waals surface area (Å²) in [6, 6.07) is 12.4. The minimum Gasteiger partial charge on any atom is -0.349 e. The number of hydrogen-bond acceptors (Lipinski definition) is 3. The average molecular weight is 307 g/mol. The van der Waals surface area contributed by atoms with Crippen LogP contribution in [0.25, 0.3) is 0 Å². The number of fused-ring (bicyclic) bond motifs is 1. The van der Waals surface area contributed by atoms with Crippen molar-refractivity contribution in [2.45, 2.75) is 38.1 Å². The molecule has 23 heavy (non-hydrogen) atoms. The molecule has 4 rings (SSSR count). The van der Waals surface area contributed by atoms with E-state index in [-0.39, 0.29) is 5.91 Å². The number of hydrogen-bond donors (Lipinski definition) is 1. The monoisotopic (exact) mass is 307 g/mol. The van der Waals surface area contributed by atoms with Crippen molar-refractivity contribution < 1.29 is 4.79 Å². The Kier molecular flexibility index (Phi) is 3.74. The summed E-state index contributed by atoms with van der Waals surface area (Å²) < 4.78 is 0. The summed E-state index contributed by atoms with van der Waals surface area (Å²) in [6.07, 6.45) is 7.37. The first-order valence-electron chi connectivity index (χ1n) is 8.44. The first kappa shape index (κ1) is 14.2. The summed E-state index contributed by atoms with van der Waals surface area (Å²) in [7, 11) is 0. The van der Waals surface area contributed by atoms with Gasteiger partial charge in [-0.25, -0.2) is 4.98 Å². The average Bonchev–Trinajstić information content (AvgIpc) is 3.24. The van der Waals surface area contributed by atoms with Crippen LogP contribution in [0.3, 0.4) is 0 Å². The standard InChI is InChI=1S/C19H21N3O/c23-19(21-15-7-2-3-8-15)16-9-5-12-20-18(16)22-13-11-14-6-1-4-10-17(14)22/h1,4-6,9-10,12,15H,2-3,7-8,11,13H2,(H,21,23). The number of anilines is 2. The zero-order chi connectivity index (χ0) is 15.6. The Morgan fingerprint density at radius 2 is 1.96 bits per heavy atom. The van der Waals surface area contributed by atoms with Gasteiger partial charge in [0, 0.05) is 24.5 Å². The van der Waals surface area contributed by atoms with Crippen molar-refractivity contribution in [2.75, 3.05) is 11.4 Å². The highest BCUT2D eigenvalue weighted by Crippen LogP contribution is 2.34. The van der Waals surface area contributed by atoms with E-state index in [2.05, 4.69) is 33.4 Å². The third-order valence-corrected chi connectivity index (χ3v) is 4.86. The van der Waals surface area contributed by atoms with Gasteiger partial charge in [-0.2, -0.15) is 0 Å². The molecule has 1 saturated carbocycles. The Balaban J connectivity index is 1.64. The molecule has 0 bridgehead atoms. The highest BCUT2D eigenvalue weighted by molar-refractivity contribution is 6.00. The van der Waals surface area contributed by atoms with E-state index in [0.717, 1.165) is 31.6 Å². The fourth-order valence-electron chi connectivity index (χ4n) is 3.68. The van der Waals surface area contributed by atoms with Crippen molar-refractivity contribution in [3.8, 4) is 0 Å². The van der Waals surface area contributed by atoms with E-state index < -0.39 is 0 Å². The largest absolute Gasteiger partial charge is 0.349 e. The lowest BCUT2D eigenvalue weighted by Crippen LogP contribution is -2.34. The Bertz CT molecular complexity index is 722. The number of aromatic nitrogens is 1. The molecule has 1 aromatic heterocycles. The SMILES string of the molecule is O=C(NC1CCCC1)c1cccnc1N1CCc2ccccc21. The third-order valence-electron chi connectivity index (χ3n) is 4.86. The normalized spacial score (nSPS) is 17.3. The molecule has 1 aliphatic carbocycles. The molecule has 1 fully saturated rings. The number of carbonyl (C=O) groups excluding carboxylic acids is 1. The Hall–Kier alpha value is -2.36. The summed E-state index contributed by atoms with van der Waals surface area (Å²) in [5.41, 5.74) is 3.16. The zero-order valence-corrected chi connectivity index (χ0v) is 13.2. The van der Waals surface area contributed by atoms with Crippen molar-refractivity contribution in [2.24, 2.45) is 0 Å². The van der Waals surface area contributed by atoms with Crippen LogP contribution in [0.2, 0.25) is 0 Å². The van der Waals surface area contributed by atoms with Crippen LogP contribution in [0.4, 0.5) is 11.5 Å². The van der Waals surface area contributed by atoms with Crippen LogP contribution >= 0.6 is 0 Å². The van der Waals surface area contributed by atoms with Gasteiger partial charge in [-0.05, 0) is 43.0 Å². The van der Waals surface area contributed by atoms with Crippen molar-refractivity contribution in [3.63, 3.8) is 0 Å². The third kappa shape index (κ3) is 2.69. The maximum atomic E-state index is 12.7. The fraction of sp³-hybridized carbons (Fsp3) is 0.368. The van der Waals surface area contributed by atoms with Crippen molar-refractivity contribution in [1.82, 2.24) is 10.3 Å². The number of pyridine rings is 1. The molecular weight excluding hydrogens is 286 g/mol. The van der Waals surface area contributed by atoms with Crippen LogP contribution in [0, 0.1) is 0 Å². The lowest BCUT2D eigenvalue weighted by molar-refractivity contribution is 0.0938. The predicted octanol–water partition coefficient (Wildman–Crippen LogP) is 3.45. The lowest BCUT2D eigenvalue weighted by atomic mass is 10.1. The molecule has 2 aliphatic rings. The van der Waals surface area contributed by atoms with Gasteiger partial charge in [0.1, 0.15) is 5.82 Å². The van der Waals surface area contributed by atoms with E-state index in [1.165, 1.54) is 24.1 Å². The van der Waals surface area contributed by atoms with Gasteiger partial charge in [0.25, 0.3) is 5.91 Å². The van der Waals surface area contributed by atoms with Crippen LogP contribution in [-0.2, 0) is 6.42 Å². The van der Waals surface area contributed by atoms with Gasteiger partial charge >= 0.3 is 0 Å². The number of benzene rings is 1. The van der Waals surface area contributed by atoms with Gasteiger partial charge in [-0.15, -0.1) is 0 Å². The van der Waals surface area contributed by atoms with Crippen LogP contribution in [0.15, 0.2) is 42.6 Å². The van der Waals surface area contributed by atoms with E-state index in [1.807, 2.05) is 18.2 Å². The maximum absolute atomic E-state index is 12.7. The number of carbonyl (C=O) groups is 1. The molecule has 1 aliphatic heterocycles. The number of para-hydroxylation sites is 1. The molecule has 0 atom stereocenters. The Labute approximate surface area is 136 Å². The van der Waals surface area contributed by atoms with Gasteiger partial charge in [0.05, 0.1) is 5.56 Å². The summed E-state index contributed by atoms with van der Waals surface area (Å²) in [5, 5.41) is 3.18. The van der Waals surface area contributed by atoms with Crippen molar-refractivity contribution >= 4 is 17.4 Å². The van der Waals surface area contributed by atoms with Gasteiger partial charge in [-0.3, -0.25) is 4.79 Å². The predicted molar refractivity (Wildman–Crippen MR) is 91.1 cm³/mol. The van der Waals surface area contributed by atoms with Crippen LogP contribution < -0.4 is 10.2 Å². The molecule has 4 nitrogen and oxygen atoms in total. The summed E-state index contributed by atoms with van der Waals surface area (Å²) >= 11 is 0. The van der Waals surface area contributed by atoms with Crippen LogP contribution in [0.5, 0.6) is 0 Å². The number of nitrogens with zero attached hydrogens (tertiary/aromatic N) is 2. The molecule has 1 N–H and O–H groups in total. The van der Waals surface area contributed by atoms with E-state index in [9.17, 15) is 4.79 Å². The summed E-state index contributed by atoms with van der Waals surface area (Å²) in [6.45, 7) is 0.875. The zero-order valence-electron chi connectivity index (χ0n) is 13.2. The van der Waals surface area contributed by atoms with E-state index in [0.29, 0.717) is 11.6 Å². The fourth-order valence-corrected chi connectivity index (χ4v) is 3.68. The van der Waals surface area contributed by atoms with Gasteiger partial charge in [-0.1, -0.05) is 31.0 Å². The molecule has 0 unspecified atom stereocenters. The molecule has 1 aromatic carbocycles. The van der Waals surface area contributed by atoms with E-state index in [1.54, 1.807) is 6.20 Å². The lowest BCUT2D eigenvalue weighted by Gasteiger charge is -2.22. The van der Waals surface area contributed by atoms with E-state index in [4.69, 9.17) is 0 Å². The Morgan fingerprint density at radius 3 is 2.83 bits per heavy atom. The molecule has 0 radical (unpaired) electrons. The first-order valence-corrected chi connectivity index (χ1v) is 8.44. The highest BCUT2D eigenvalue weighted by Gasteiger charge is 2.26. The van der Waals surface area contributed by atoms with Crippen molar-refractivity contribution in [3.05, 3.63) is 53.7 Å². The number of nitrogens with one attached hydrogen (secondary N) is 1. The molecular formula is C19H21N3O. The number of rotatable bonds is 3. The highest BCUT2D eigenvalue weighted by atomic mass is 16.1. The first-order chi connectivity index (χ1) is 11.3. The molecule has 4 heteroatoms.